The Balaban J connectivity index is 1.47. The number of carbonyl (C=O) groups excluding carboxylic acids is 1. The number of ether oxygens (including phenoxy) is 2. The molecule has 1 aliphatic rings. The molecule has 0 radical (unpaired) electrons. The summed E-state index contributed by atoms with van der Waals surface area (Å²) in [5.74, 6) is 0.945. The number of nitrogen functional groups attached to an aromatic ring is 1. The third-order valence-electron chi connectivity index (χ3n) is 7.11. The number of hydrogen-bond acceptors (Lipinski definition) is 8. The van der Waals surface area contributed by atoms with Crippen molar-refractivity contribution in [2.45, 2.75) is 19.8 Å². The van der Waals surface area contributed by atoms with Gasteiger partial charge in [0.05, 0.1) is 36.4 Å². The first-order valence-corrected chi connectivity index (χ1v) is 13.5. The van der Waals surface area contributed by atoms with Gasteiger partial charge in [-0.15, -0.1) is 0 Å². The minimum Gasteiger partial charge on any atom is -0.495 e. The predicted molar refractivity (Wildman–Crippen MR) is 157 cm³/mol. The van der Waals surface area contributed by atoms with Crippen LogP contribution in [0.5, 0.6) is 11.5 Å². The van der Waals surface area contributed by atoms with E-state index in [1.807, 2.05) is 12.1 Å². The van der Waals surface area contributed by atoms with Gasteiger partial charge < -0.3 is 25.0 Å². The number of likely N-dealkylation sites (N-methyl/N-ethyl adjacent to an activating group) is 2. The zero-order chi connectivity index (χ0) is 28.1. The van der Waals surface area contributed by atoms with Crippen LogP contribution in [0.4, 0.5) is 17.2 Å². The maximum absolute atomic E-state index is 13.2. The minimum absolute atomic E-state index is 0.0675. The van der Waals surface area contributed by atoms with E-state index in [-0.39, 0.29) is 22.4 Å². The lowest BCUT2D eigenvalue weighted by molar-refractivity contribution is -0.117. The third-order valence-corrected chi connectivity index (χ3v) is 7.93. The van der Waals surface area contributed by atoms with Crippen LogP contribution in [0.25, 0.3) is 0 Å². The van der Waals surface area contributed by atoms with Crippen LogP contribution in [-0.2, 0) is 17.6 Å². The molecule has 1 aromatic heterocycles. The molecule has 1 aliphatic heterocycles. The average molecular weight is 574 g/mol. The Kier molecular flexibility index (Phi) is 9.37. The molecule has 39 heavy (non-hydrogen) atoms. The van der Waals surface area contributed by atoms with Crippen molar-refractivity contribution in [3.05, 3.63) is 63.5 Å². The van der Waals surface area contributed by atoms with Crippen molar-refractivity contribution < 1.29 is 14.3 Å². The number of nitrogens with two attached hydrogens (primary N) is 1. The van der Waals surface area contributed by atoms with E-state index in [0.717, 1.165) is 49.7 Å². The van der Waals surface area contributed by atoms with Crippen molar-refractivity contribution in [3.8, 4) is 11.5 Å². The Labute approximate surface area is 239 Å². The number of nitrogens with zero attached hydrogens (tertiary/aromatic N) is 5. The number of halogens is 2. The van der Waals surface area contributed by atoms with E-state index in [2.05, 4.69) is 32.8 Å². The summed E-state index contributed by atoms with van der Waals surface area (Å²) in [6.45, 7) is 7.35. The molecule has 4 rings (SSSR count). The number of methoxy groups -OCH3 is 2. The molecule has 0 bridgehead atoms. The fourth-order valence-electron chi connectivity index (χ4n) is 4.61. The molecule has 2 aromatic carbocycles. The molecule has 1 saturated heterocycles. The largest absolute Gasteiger partial charge is 0.495 e. The molecule has 1 fully saturated rings. The van der Waals surface area contributed by atoms with E-state index in [0.29, 0.717) is 35.0 Å². The highest BCUT2D eigenvalue weighted by molar-refractivity contribution is 6.38. The SMILES string of the molecule is CCN1CCN(c2ccc(Cc3cc(N(C)C(=O)Cc4c(Cl)c(OC)cc(OC)c4Cl)ncn3)c(N)c2)CC1. The molecule has 0 atom stereocenters. The van der Waals surface area contributed by atoms with Crippen molar-refractivity contribution in [3.63, 3.8) is 0 Å². The van der Waals surface area contributed by atoms with Gasteiger partial charge in [-0.05, 0) is 24.2 Å². The second kappa shape index (κ2) is 12.7. The highest BCUT2D eigenvalue weighted by atomic mass is 35.5. The van der Waals surface area contributed by atoms with Crippen LogP contribution in [0.2, 0.25) is 10.0 Å². The standard InChI is InChI=1S/C28H34Cl2N6O3/c1-5-35-8-10-36(11-9-35)20-7-6-18(22(31)14-20)12-19-13-25(33-17-32-19)34(2)26(37)15-21-27(29)23(38-3)16-24(39-4)28(21)30/h6-7,13-14,16-17H,5,8-12,15,31H2,1-4H3. The van der Waals surface area contributed by atoms with E-state index in [1.54, 1.807) is 19.2 Å². The van der Waals surface area contributed by atoms with Gasteiger partial charge in [0.2, 0.25) is 5.91 Å². The molecule has 1 amide bonds. The predicted octanol–water partition coefficient (Wildman–Crippen LogP) is 4.32. The number of benzene rings is 2. The van der Waals surface area contributed by atoms with Gasteiger partial charge in [-0.1, -0.05) is 36.2 Å². The van der Waals surface area contributed by atoms with Crippen LogP contribution < -0.4 is 25.0 Å². The number of hydrogen-bond donors (Lipinski definition) is 1. The summed E-state index contributed by atoms with van der Waals surface area (Å²) >= 11 is 12.9. The molecule has 0 aliphatic carbocycles. The van der Waals surface area contributed by atoms with Crippen molar-refractivity contribution in [2.75, 3.05) is 69.5 Å². The first-order valence-electron chi connectivity index (χ1n) is 12.8. The zero-order valence-corrected chi connectivity index (χ0v) is 24.2. The van der Waals surface area contributed by atoms with E-state index in [4.69, 9.17) is 38.4 Å². The van der Waals surface area contributed by atoms with Crippen LogP contribution in [0.3, 0.4) is 0 Å². The Morgan fingerprint density at radius 2 is 1.69 bits per heavy atom. The zero-order valence-electron chi connectivity index (χ0n) is 22.7. The van der Waals surface area contributed by atoms with Crippen molar-refractivity contribution in [1.82, 2.24) is 14.9 Å². The van der Waals surface area contributed by atoms with Crippen LogP contribution in [0.1, 0.15) is 23.7 Å². The number of piperazine rings is 1. The Morgan fingerprint density at radius 3 is 2.28 bits per heavy atom. The molecular weight excluding hydrogens is 539 g/mol. The van der Waals surface area contributed by atoms with E-state index < -0.39 is 0 Å². The van der Waals surface area contributed by atoms with Gasteiger partial charge >= 0.3 is 0 Å². The smallest absolute Gasteiger partial charge is 0.232 e. The topological polar surface area (TPSA) is 97.0 Å². The van der Waals surface area contributed by atoms with Crippen molar-refractivity contribution >= 4 is 46.3 Å². The molecule has 9 nitrogen and oxygen atoms in total. The van der Waals surface area contributed by atoms with Crippen LogP contribution in [0, 0.1) is 0 Å². The number of rotatable bonds is 9. The summed E-state index contributed by atoms with van der Waals surface area (Å²) in [5.41, 5.74) is 10.4. The summed E-state index contributed by atoms with van der Waals surface area (Å²) in [7, 11) is 4.63. The summed E-state index contributed by atoms with van der Waals surface area (Å²) in [4.78, 5) is 28.2. The van der Waals surface area contributed by atoms with Gasteiger partial charge in [0.15, 0.2) is 0 Å². The summed E-state index contributed by atoms with van der Waals surface area (Å²) in [5, 5.41) is 0.527. The lowest BCUT2D eigenvalue weighted by Gasteiger charge is -2.35. The second-order valence-corrected chi connectivity index (χ2v) is 10.1. The van der Waals surface area contributed by atoms with E-state index in [1.165, 1.54) is 25.4 Å². The van der Waals surface area contributed by atoms with Crippen molar-refractivity contribution in [1.29, 1.82) is 0 Å². The molecule has 0 saturated carbocycles. The molecule has 2 heterocycles. The third kappa shape index (κ3) is 6.49. The molecule has 208 valence electrons. The van der Waals surface area contributed by atoms with Gasteiger partial charge in [0, 0.05) is 68.7 Å². The molecule has 11 heteroatoms. The second-order valence-electron chi connectivity index (χ2n) is 9.37. The van der Waals surface area contributed by atoms with Crippen LogP contribution >= 0.6 is 23.2 Å². The van der Waals surface area contributed by atoms with Gasteiger partial charge in [0.1, 0.15) is 23.6 Å². The highest BCUT2D eigenvalue weighted by Gasteiger charge is 2.22. The number of amides is 1. The molecule has 3 aromatic rings. The number of carbonyl (C=O) groups is 1. The quantitative estimate of drug-likeness (QED) is 0.378. The summed E-state index contributed by atoms with van der Waals surface area (Å²) < 4.78 is 10.6. The highest BCUT2D eigenvalue weighted by Crippen LogP contribution is 2.40. The minimum atomic E-state index is -0.259. The van der Waals surface area contributed by atoms with E-state index >= 15 is 0 Å². The van der Waals surface area contributed by atoms with Gasteiger partial charge in [-0.25, -0.2) is 9.97 Å². The van der Waals surface area contributed by atoms with Crippen molar-refractivity contribution in [2.24, 2.45) is 0 Å². The maximum Gasteiger partial charge on any atom is 0.232 e. The summed E-state index contributed by atoms with van der Waals surface area (Å²) in [6.07, 6.45) is 1.89. The van der Waals surface area contributed by atoms with E-state index in [9.17, 15) is 4.79 Å². The average Bonchev–Trinajstić information content (AvgIpc) is 2.96. The van der Waals surface area contributed by atoms with Crippen LogP contribution in [-0.4, -0.2) is 74.8 Å². The normalized spacial score (nSPS) is 13.8. The lowest BCUT2D eigenvalue weighted by atomic mass is 10.1. The fraction of sp³-hybridized carbons (Fsp3) is 0.393. The fourth-order valence-corrected chi connectivity index (χ4v) is 5.25. The monoisotopic (exact) mass is 572 g/mol. The van der Waals surface area contributed by atoms with Gasteiger partial charge in [-0.3, -0.25) is 9.69 Å². The van der Waals surface area contributed by atoms with Crippen LogP contribution in [0.15, 0.2) is 36.7 Å². The Bertz CT molecular complexity index is 1300. The maximum atomic E-state index is 13.2. The molecule has 0 spiro atoms. The number of anilines is 3. The van der Waals surface area contributed by atoms with Gasteiger partial charge in [-0.2, -0.15) is 0 Å². The Hall–Kier alpha value is -3.27. The first kappa shape index (κ1) is 28.7. The molecular formula is C28H34Cl2N6O3. The van der Waals surface area contributed by atoms with Gasteiger partial charge in [0.25, 0.3) is 0 Å². The summed E-state index contributed by atoms with van der Waals surface area (Å²) in [6, 6.07) is 9.56. The molecule has 0 unspecified atom stereocenters. The number of aromatic nitrogens is 2. The molecule has 2 N–H and O–H groups in total. The lowest BCUT2D eigenvalue weighted by Crippen LogP contribution is -2.46. The first-order chi connectivity index (χ1) is 18.7. The Morgan fingerprint density at radius 1 is 1.03 bits per heavy atom.